The second-order valence-corrected chi connectivity index (χ2v) is 9.56. The molecule has 242 valence electrons. The van der Waals surface area contributed by atoms with Crippen LogP contribution >= 0.6 is 0 Å². The molecule has 0 bridgehead atoms. The third kappa shape index (κ3) is 26.4. The minimum atomic E-state index is -0.250. The highest BCUT2D eigenvalue weighted by molar-refractivity contribution is 4.63. The van der Waals surface area contributed by atoms with Crippen molar-refractivity contribution in [1.82, 2.24) is 0 Å². The molecule has 0 aliphatic rings. The monoisotopic (exact) mass is 583 g/mol. The van der Waals surface area contributed by atoms with Crippen molar-refractivity contribution in [3.63, 3.8) is 0 Å². The second-order valence-electron chi connectivity index (χ2n) is 9.56. The molecule has 0 aromatic rings. The first-order valence-electron chi connectivity index (χ1n) is 14.9. The maximum absolute atomic E-state index is 6.01. The van der Waals surface area contributed by atoms with Gasteiger partial charge in [-0.05, 0) is 71.8 Å². The van der Waals surface area contributed by atoms with Crippen molar-refractivity contribution in [2.75, 3.05) is 112 Å². The number of rotatable bonds is 33. The van der Waals surface area contributed by atoms with E-state index in [0.29, 0.717) is 112 Å². The van der Waals surface area contributed by atoms with Crippen LogP contribution in [0.25, 0.3) is 0 Å². The van der Waals surface area contributed by atoms with Gasteiger partial charge in [0.15, 0.2) is 0 Å². The molecule has 0 heterocycles. The molecule has 0 saturated heterocycles. The molecule has 4 atom stereocenters. The summed E-state index contributed by atoms with van der Waals surface area (Å²) in [5.74, 6) is 0. The molecule has 10 N–H and O–H groups in total. The summed E-state index contributed by atoms with van der Waals surface area (Å²) in [7, 11) is 0. The van der Waals surface area contributed by atoms with E-state index in [4.69, 9.17) is 66.6 Å². The lowest BCUT2D eigenvalue weighted by molar-refractivity contribution is -0.113. The molecular weight excluding hydrogens is 522 g/mol. The molecule has 0 aliphatic heterocycles. The molecular formula is C27H61N5O8. The first-order valence-corrected chi connectivity index (χ1v) is 14.9. The van der Waals surface area contributed by atoms with Gasteiger partial charge >= 0.3 is 0 Å². The van der Waals surface area contributed by atoms with Crippen LogP contribution in [0.2, 0.25) is 0 Å². The summed E-state index contributed by atoms with van der Waals surface area (Å²) in [6, 6.07) is 0. The zero-order valence-corrected chi connectivity index (χ0v) is 25.0. The van der Waals surface area contributed by atoms with E-state index in [1.807, 2.05) is 6.92 Å². The summed E-state index contributed by atoms with van der Waals surface area (Å²) in [6.07, 6.45) is 3.17. The SMILES string of the molecule is CC(COCC(COCCCN)OCCCN)OCC(COCC(COCCCN)OCCCN)OCCCN. The van der Waals surface area contributed by atoms with Gasteiger partial charge < -0.3 is 66.6 Å². The van der Waals surface area contributed by atoms with Crippen LogP contribution in [0.15, 0.2) is 0 Å². The van der Waals surface area contributed by atoms with Crippen molar-refractivity contribution in [2.24, 2.45) is 28.7 Å². The van der Waals surface area contributed by atoms with Crippen molar-refractivity contribution in [3.05, 3.63) is 0 Å². The van der Waals surface area contributed by atoms with Gasteiger partial charge in [0.2, 0.25) is 0 Å². The largest absolute Gasteiger partial charge is 0.379 e. The lowest BCUT2D eigenvalue weighted by Crippen LogP contribution is -2.33. The fourth-order valence-corrected chi connectivity index (χ4v) is 3.25. The zero-order chi connectivity index (χ0) is 29.5. The molecule has 0 aliphatic carbocycles. The molecule has 0 fully saturated rings. The normalized spacial score (nSPS) is 14.8. The summed E-state index contributed by atoms with van der Waals surface area (Å²) in [6.45, 7) is 10.5. The first kappa shape index (κ1) is 39.5. The average Bonchev–Trinajstić information content (AvgIpc) is 2.95. The van der Waals surface area contributed by atoms with Crippen molar-refractivity contribution in [1.29, 1.82) is 0 Å². The Morgan fingerprint density at radius 2 is 0.700 bits per heavy atom. The zero-order valence-electron chi connectivity index (χ0n) is 25.0. The van der Waals surface area contributed by atoms with Crippen LogP contribution in [0, 0.1) is 0 Å². The fraction of sp³-hybridized carbons (Fsp3) is 1.00. The topological polar surface area (TPSA) is 204 Å². The average molecular weight is 584 g/mol. The first-order chi connectivity index (χ1) is 19.6. The summed E-state index contributed by atoms with van der Waals surface area (Å²) in [4.78, 5) is 0. The van der Waals surface area contributed by atoms with Gasteiger partial charge in [0, 0.05) is 33.0 Å². The quantitative estimate of drug-likeness (QED) is 0.0611. The van der Waals surface area contributed by atoms with E-state index in [1.165, 1.54) is 0 Å². The number of nitrogens with two attached hydrogens (primary N) is 5. The van der Waals surface area contributed by atoms with E-state index in [-0.39, 0.29) is 24.4 Å². The van der Waals surface area contributed by atoms with Gasteiger partial charge in [0.05, 0.1) is 52.4 Å². The van der Waals surface area contributed by atoms with Crippen LogP contribution in [-0.4, -0.2) is 136 Å². The fourth-order valence-electron chi connectivity index (χ4n) is 3.25. The summed E-state index contributed by atoms with van der Waals surface area (Å²) in [5.41, 5.74) is 27.8. The maximum atomic E-state index is 6.01. The Labute approximate surface area is 242 Å². The Morgan fingerprint density at radius 1 is 0.375 bits per heavy atom. The third-order valence-electron chi connectivity index (χ3n) is 5.53. The summed E-state index contributed by atoms with van der Waals surface area (Å²) in [5, 5.41) is 0. The molecule has 0 radical (unpaired) electrons. The van der Waals surface area contributed by atoms with Crippen LogP contribution in [0.5, 0.6) is 0 Å². The molecule has 13 heteroatoms. The molecule has 0 aromatic carbocycles. The lowest BCUT2D eigenvalue weighted by atomic mass is 10.3. The molecule has 0 aromatic heterocycles. The molecule has 13 nitrogen and oxygen atoms in total. The Hall–Kier alpha value is -0.520. The van der Waals surface area contributed by atoms with Crippen LogP contribution in [0.1, 0.15) is 39.0 Å². The van der Waals surface area contributed by atoms with Crippen molar-refractivity contribution >= 4 is 0 Å². The molecule has 0 rings (SSSR count). The predicted octanol–water partition coefficient (Wildman–Crippen LogP) is -0.642. The summed E-state index contributed by atoms with van der Waals surface area (Å²) >= 11 is 0. The van der Waals surface area contributed by atoms with Gasteiger partial charge in [0.1, 0.15) is 18.3 Å². The number of hydrogen-bond donors (Lipinski definition) is 5. The smallest absolute Gasteiger partial charge is 0.104 e. The highest BCUT2D eigenvalue weighted by atomic mass is 16.6. The highest BCUT2D eigenvalue weighted by Gasteiger charge is 2.17. The molecule has 0 amide bonds. The third-order valence-corrected chi connectivity index (χ3v) is 5.53. The highest BCUT2D eigenvalue weighted by Crippen LogP contribution is 2.05. The van der Waals surface area contributed by atoms with Crippen LogP contribution in [-0.2, 0) is 37.9 Å². The van der Waals surface area contributed by atoms with Crippen molar-refractivity contribution in [3.8, 4) is 0 Å². The van der Waals surface area contributed by atoms with Gasteiger partial charge in [-0.3, -0.25) is 0 Å². The molecule has 0 saturated carbocycles. The minimum Gasteiger partial charge on any atom is -0.379 e. The second kappa shape index (κ2) is 31.4. The number of ether oxygens (including phenoxy) is 8. The maximum Gasteiger partial charge on any atom is 0.104 e. The standard InChI is InChI=1S/C27H61N5O8/c1-24(17-35-20-25(37-14-4-9-30)18-33-12-2-7-28)40-23-27(39-16-6-11-32)22-36-21-26(38-15-5-10-31)19-34-13-3-8-29/h24-27H,2-23,28-32H2,1H3. The van der Waals surface area contributed by atoms with Gasteiger partial charge in [-0.2, -0.15) is 0 Å². The lowest BCUT2D eigenvalue weighted by Gasteiger charge is -2.23. The van der Waals surface area contributed by atoms with Gasteiger partial charge in [-0.25, -0.2) is 0 Å². The predicted molar refractivity (Wildman–Crippen MR) is 156 cm³/mol. The van der Waals surface area contributed by atoms with Crippen LogP contribution < -0.4 is 28.7 Å². The van der Waals surface area contributed by atoms with E-state index < -0.39 is 0 Å². The van der Waals surface area contributed by atoms with E-state index in [1.54, 1.807) is 0 Å². The van der Waals surface area contributed by atoms with Gasteiger partial charge in [-0.1, -0.05) is 0 Å². The Balaban J connectivity index is 4.53. The van der Waals surface area contributed by atoms with E-state index in [9.17, 15) is 0 Å². The van der Waals surface area contributed by atoms with Gasteiger partial charge in [-0.15, -0.1) is 0 Å². The van der Waals surface area contributed by atoms with Crippen LogP contribution in [0.4, 0.5) is 0 Å². The van der Waals surface area contributed by atoms with Gasteiger partial charge in [0.25, 0.3) is 0 Å². The van der Waals surface area contributed by atoms with Crippen molar-refractivity contribution in [2.45, 2.75) is 63.4 Å². The summed E-state index contributed by atoms with van der Waals surface area (Å²) < 4.78 is 46.8. The van der Waals surface area contributed by atoms with Crippen LogP contribution in [0.3, 0.4) is 0 Å². The van der Waals surface area contributed by atoms with E-state index >= 15 is 0 Å². The molecule has 0 spiro atoms. The molecule has 40 heavy (non-hydrogen) atoms. The minimum absolute atomic E-state index is 0.147. The number of hydrogen-bond acceptors (Lipinski definition) is 13. The Bertz CT molecular complexity index is 502. The Kier molecular flexibility index (Phi) is 31.0. The van der Waals surface area contributed by atoms with E-state index in [0.717, 1.165) is 32.1 Å². The molecule has 4 unspecified atom stereocenters. The van der Waals surface area contributed by atoms with E-state index in [2.05, 4.69) is 0 Å². The Morgan fingerprint density at radius 3 is 1.10 bits per heavy atom. The van der Waals surface area contributed by atoms with Crippen molar-refractivity contribution < 1.29 is 37.9 Å².